The van der Waals surface area contributed by atoms with Crippen molar-refractivity contribution in [1.29, 1.82) is 0 Å². The summed E-state index contributed by atoms with van der Waals surface area (Å²) in [6, 6.07) is 12.0. The maximum atomic E-state index is 13.4. The number of methoxy groups -OCH3 is 2. The smallest absolute Gasteiger partial charge is 0.320 e. The lowest BCUT2D eigenvalue weighted by Gasteiger charge is -2.37. The molecule has 1 atom stereocenters. The van der Waals surface area contributed by atoms with Gasteiger partial charge in [-0.15, -0.1) is 0 Å². The van der Waals surface area contributed by atoms with Crippen LogP contribution in [0.15, 0.2) is 47.4 Å². The summed E-state index contributed by atoms with van der Waals surface area (Å²) in [6.45, 7) is 3.83. The van der Waals surface area contributed by atoms with Gasteiger partial charge in [0.2, 0.25) is 0 Å². The fourth-order valence-electron chi connectivity index (χ4n) is 3.95. The first-order chi connectivity index (χ1) is 14.2. The van der Waals surface area contributed by atoms with Gasteiger partial charge >= 0.3 is 11.9 Å². The molecular formula is C22H25NO6S. The molecule has 0 N–H and O–H groups in total. The number of aryl methyl sites for hydroxylation is 2. The van der Waals surface area contributed by atoms with Crippen LogP contribution >= 0.6 is 0 Å². The standard InChI is InChI=1S/C22H25NO6S/c1-14-8-10-16(11-9-14)30(26,27)23-13-12-17(18-7-5-6-15(2)20(18)23)19(21(24)28-3)22(25)29-4/h5-11,17,19H,12-13H2,1-4H3/t17-/m0/s1. The third kappa shape index (κ3) is 3.79. The SMILES string of the molecule is COC(=O)C(C(=O)OC)[C@H]1CCN(S(=O)(=O)c2ccc(C)cc2)c2c(C)cccc21. The molecule has 0 aliphatic carbocycles. The number of esters is 2. The van der Waals surface area contributed by atoms with Crippen molar-refractivity contribution in [3.8, 4) is 0 Å². The van der Waals surface area contributed by atoms with Crippen LogP contribution in [0.25, 0.3) is 0 Å². The van der Waals surface area contributed by atoms with Gasteiger partial charge in [-0.25, -0.2) is 8.42 Å². The Labute approximate surface area is 176 Å². The highest BCUT2D eigenvalue weighted by atomic mass is 32.2. The third-order valence-corrected chi connectivity index (χ3v) is 7.30. The average molecular weight is 432 g/mol. The average Bonchev–Trinajstić information content (AvgIpc) is 2.74. The predicted octanol–water partition coefficient (Wildman–Crippen LogP) is 2.95. The number of anilines is 1. The van der Waals surface area contributed by atoms with Crippen molar-refractivity contribution in [2.75, 3.05) is 25.1 Å². The van der Waals surface area contributed by atoms with Gasteiger partial charge in [0, 0.05) is 12.5 Å². The predicted molar refractivity (Wildman–Crippen MR) is 112 cm³/mol. The van der Waals surface area contributed by atoms with Crippen molar-refractivity contribution >= 4 is 27.6 Å². The second-order valence-electron chi connectivity index (χ2n) is 7.32. The number of benzene rings is 2. The van der Waals surface area contributed by atoms with Crippen LogP contribution in [-0.2, 0) is 29.1 Å². The minimum atomic E-state index is -3.81. The topological polar surface area (TPSA) is 90.0 Å². The Kier molecular flexibility index (Phi) is 6.17. The molecule has 0 amide bonds. The summed E-state index contributed by atoms with van der Waals surface area (Å²) in [6.07, 6.45) is 0.274. The summed E-state index contributed by atoms with van der Waals surface area (Å²) in [7, 11) is -1.39. The van der Waals surface area contributed by atoms with Crippen LogP contribution < -0.4 is 4.31 Å². The van der Waals surface area contributed by atoms with E-state index in [2.05, 4.69) is 0 Å². The van der Waals surface area contributed by atoms with Gasteiger partial charge in [-0.3, -0.25) is 13.9 Å². The van der Waals surface area contributed by atoms with Gasteiger partial charge in [0.05, 0.1) is 24.8 Å². The van der Waals surface area contributed by atoms with E-state index in [1.165, 1.54) is 18.5 Å². The maximum Gasteiger partial charge on any atom is 0.320 e. The molecule has 0 radical (unpaired) electrons. The molecule has 1 aliphatic rings. The first kappa shape index (κ1) is 21.8. The molecule has 1 heterocycles. The molecule has 0 bridgehead atoms. The lowest BCUT2D eigenvalue weighted by Crippen LogP contribution is -2.41. The Morgan fingerprint density at radius 3 is 2.17 bits per heavy atom. The van der Waals surface area contributed by atoms with Crippen LogP contribution in [0.4, 0.5) is 5.69 Å². The van der Waals surface area contributed by atoms with E-state index in [4.69, 9.17) is 9.47 Å². The number of para-hydroxylation sites is 1. The van der Waals surface area contributed by atoms with E-state index in [1.807, 2.05) is 19.9 Å². The quantitative estimate of drug-likeness (QED) is 0.534. The Balaban J connectivity index is 2.13. The van der Waals surface area contributed by atoms with E-state index >= 15 is 0 Å². The fourth-order valence-corrected chi connectivity index (χ4v) is 5.52. The van der Waals surface area contributed by atoms with Gasteiger partial charge in [0.1, 0.15) is 0 Å². The van der Waals surface area contributed by atoms with Crippen molar-refractivity contribution in [1.82, 2.24) is 0 Å². The molecule has 8 heteroatoms. The molecule has 2 aromatic rings. The van der Waals surface area contributed by atoms with Crippen LogP contribution in [0.2, 0.25) is 0 Å². The van der Waals surface area contributed by atoms with E-state index < -0.39 is 33.8 Å². The molecule has 7 nitrogen and oxygen atoms in total. The summed E-state index contributed by atoms with van der Waals surface area (Å²) >= 11 is 0. The molecule has 0 unspecified atom stereocenters. The fraction of sp³-hybridized carbons (Fsp3) is 0.364. The van der Waals surface area contributed by atoms with Gasteiger partial charge < -0.3 is 9.47 Å². The highest BCUT2D eigenvalue weighted by molar-refractivity contribution is 7.92. The van der Waals surface area contributed by atoms with Crippen LogP contribution in [0.5, 0.6) is 0 Å². The van der Waals surface area contributed by atoms with Crippen molar-refractivity contribution < 1.29 is 27.5 Å². The zero-order valence-corrected chi connectivity index (χ0v) is 18.2. The third-order valence-electron chi connectivity index (χ3n) is 5.48. The number of hydrogen-bond acceptors (Lipinski definition) is 6. The largest absolute Gasteiger partial charge is 0.468 e. The van der Waals surface area contributed by atoms with Crippen molar-refractivity contribution in [2.45, 2.75) is 31.1 Å². The maximum absolute atomic E-state index is 13.4. The lowest BCUT2D eigenvalue weighted by atomic mass is 9.80. The number of hydrogen-bond donors (Lipinski definition) is 0. The van der Waals surface area contributed by atoms with Crippen LogP contribution in [0.3, 0.4) is 0 Å². The molecule has 30 heavy (non-hydrogen) atoms. The summed E-state index contributed by atoms with van der Waals surface area (Å²) in [4.78, 5) is 25.0. The van der Waals surface area contributed by atoms with Gasteiger partial charge in [-0.2, -0.15) is 0 Å². The Morgan fingerprint density at radius 2 is 1.60 bits per heavy atom. The molecule has 2 aromatic carbocycles. The van der Waals surface area contributed by atoms with E-state index in [1.54, 1.807) is 36.4 Å². The molecule has 160 valence electrons. The molecule has 0 saturated heterocycles. The summed E-state index contributed by atoms with van der Waals surface area (Å²) in [5.41, 5.74) is 2.80. The molecule has 1 aliphatic heterocycles. The van der Waals surface area contributed by atoms with Crippen molar-refractivity contribution in [2.24, 2.45) is 5.92 Å². The van der Waals surface area contributed by atoms with E-state index in [0.717, 1.165) is 11.1 Å². The Morgan fingerprint density at radius 1 is 1.00 bits per heavy atom. The summed E-state index contributed by atoms with van der Waals surface area (Å²) in [5.74, 6) is -3.11. The number of nitrogens with zero attached hydrogens (tertiary/aromatic N) is 1. The van der Waals surface area contributed by atoms with Crippen LogP contribution in [0.1, 0.15) is 29.0 Å². The van der Waals surface area contributed by atoms with E-state index in [-0.39, 0.29) is 17.9 Å². The first-order valence-corrected chi connectivity index (χ1v) is 11.0. The molecule has 0 saturated carbocycles. The minimum absolute atomic E-state index is 0.128. The highest BCUT2D eigenvalue weighted by Crippen LogP contribution is 2.44. The Bertz CT molecular complexity index is 1050. The minimum Gasteiger partial charge on any atom is -0.468 e. The number of rotatable bonds is 5. The highest BCUT2D eigenvalue weighted by Gasteiger charge is 2.43. The van der Waals surface area contributed by atoms with Gasteiger partial charge in [0.15, 0.2) is 5.92 Å². The van der Waals surface area contributed by atoms with Gasteiger partial charge in [-0.1, -0.05) is 35.9 Å². The first-order valence-electron chi connectivity index (χ1n) is 9.57. The van der Waals surface area contributed by atoms with E-state index in [9.17, 15) is 18.0 Å². The lowest BCUT2D eigenvalue weighted by molar-refractivity contribution is -0.160. The number of carbonyl (C=O) groups excluding carboxylic acids is 2. The number of fused-ring (bicyclic) bond motifs is 1. The zero-order valence-electron chi connectivity index (χ0n) is 17.4. The van der Waals surface area contributed by atoms with Gasteiger partial charge in [-0.05, 0) is 43.5 Å². The summed E-state index contributed by atoms with van der Waals surface area (Å²) in [5, 5.41) is 0. The number of sulfonamides is 1. The van der Waals surface area contributed by atoms with Crippen LogP contribution in [-0.4, -0.2) is 41.1 Å². The molecule has 0 spiro atoms. The molecule has 0 aromatic heterocycles. The number of carbonyl (C=O) groups is 2. The normalized spacial score (nSPS) is 16.2. The van der Waals surface area contributed by atoms with Crippen molar-refractivity contribution in [3.63, 3.8) is 0 Å². The Hall–Kier alpha value is -2.87. The monoisotopic (exact) mass is 431 g/mol. The molecule has 3 rings (SSSR count). The molecular weight excluding hydrogens is 406 g/mol. The summed E-state index contributed by atoms with van der Waals surface area (Å²) < 4.78 is 37.9. The van der Waals surface area contributed by atoms with Crippen LogP contribution in [0, 0.1) is 19.8 Å². The second kappa shape index (κ2) is 8.47. The van der Waals surface area contributed by atoms with E-state index in [0.29, 0.717) is 11.3 Å². The number of ether oxygens (including phenoxy) is 2. The second-order valence-corrected chi connectivity index (χ2v) is 9.18. The van der Waals surface area contributed by atoms with Crippen molar-refractivity contribution in [3.05, 3.63) is 59.2 Å². The zero-order chi connectivity index (χ0) is 22.1. The molecule has 0 fully saturated rings. The van der Waals surface area contributed by atoms with Gasteiger partial charge in [0.25, 0.3) is 10.0 Å².